The van der Waals surface area contributed by atoms with Crippen LogP contribution in [0, 0.1) is 6.92 Å². The number of nitrogens with one attached hydrogen (secondary N) is 1. The molecule has 1 fully saturated rings. The van der Waals surface area contributed by atoms with Gasteiger partial charge in [-0.05, 0) is 42.3 Å². The summed E-state index contributed by atoms with van der Waals surface area (Å²) in [7, 11) is 0. The lowest BCUT2D eigenvalue weighted by Gasteiger charge is -2.26. The van der Waals surface area contributed by atoms with Crippen molar-refractivity contribution in [2.24, 2.45) is 0 Å². The smallest absolute Gasteiger partial charge is 0.255 e. The van der Waals surface area contributed by atoms with Crippen molar-refractivity contribution < 1.29 is 9.53 Å². The SMILES string of the molecule is Cc1ccc(NC(=O)c2ccc(CN3CCOCC3)cc2)cc1Br. The Balaban J connectivity index is 1.61. The van der Waals surface area contributed by atoms with E-state index < -0.39 is 0 Å². The van der Waals surface area contributed by atoms with Crippen molar-refractivity contribution in [3.63, 3.8) is 0 Å². The summed E-state index contributed by atoms with van der Waals surface area (Å²) in [5.41, 5.74) is 3.80. The first kappa shape index (κ1) is 17.1. The molecular weight excluding hydrogens is 368 g/mol. The number of nitrogens with zero attached hydrogens (tertiary/aromatic N) is 1. The summed E-state index contributed by atoms with van der Waals surface area (Å²) in [4.78, 5) is 14.7. The van der Waals surface area contributed by atoms with E-state index >= 15 is 0 Å². The average Bonchev–Trinajstić information content (AvgIpc) is 2.60. The first-order chi connectivity index (χ1) is 11.6. The molecule has 1 amide bonds. The first-order valence-electron chi connectivity index (χ1n) is 8.08. The Morgan fingerprint density at radius 1 is 1.17 bits per heavy atom. The van der Waals surface area contributed by atoms with Crippen molar-refractivity contribution in [3.05, 3.63) is 63.6 Å². The monoisotopic (exact) mass is 388 g/mol. The van der Waals surface area contributed by atoms with Gasteiger partial charge in [0.05, 0.1) is 13.2 Å². The maximum Gasteiger partial charge on any atom is 0.255 e. The number of hydrogen-bond acceptors (Lipinski definition) is 3. The Morgan fingerprint density at radius 3 is 2.54 bits per heavy atom. The first-order valence-corrected chi connectivity index (χ1v) is 8.88. The standard InChI is InChI=1S/C19H21BrN2O2/c1-14-2-7-17(12-18(14)20)21-19(23)16-5-3-15(4-6-16)13-22-8-10-24-11-9-22/h2-7,12H,8-11,13H2,1H3,(H,21,23). The summed E-state index contributed by atoms with van der Waals surface area (Å²) in [6.07, 6.45) is 0. The number of morpholine rings is 1. The molecule has 0 bridgehead atoms. The average molecular weight is 389 g/mol. The van der Waals surface area contributed by atoms with Crippen molar-refractivity contribution >= 4 is 27.5 Å². The fourth-order valence-corrected chi connectivity index (χ4v) is 3.03. The van der Waals surface area contributed by atoms with E-state index in [1.54, 1.807) is 0 Å². The van der Waals surface area contributed by atoms with E-state index in [2.05, 4.69) is 26.1 Å². The van der Waals surface area contributed by atoms with Crippen LogP contribution in [0.5, 0.6) is 0 Å². The van der Waals surface area contributed by atoms with Gasteiger partial charge < -0.3 is 10.1 Å². The van der Waals surface area contributed by atoms with Gasteiger partial charge in [0.1, 0.15) is 0 Å². The third-order valence-electron chi connectivity index (χ3n) is 4.16. The number of aryl methyl sites for hydroxylation is 1. The molecule has 1 saturated heterocycles. The van der Waals surface area contributed by atoms with E-state index in [1.165, 1.54) is 5.56 Å². The van der Waals surface area contributed by atoms with Gasteiger partial charge in [-0.15, -0.1) is 0 Å². The molecule has 24 heavy (non-hydrogen) atoms. The number of hydrogen-bond donors (Lipinski definition) is 1. The van der Waals surface area contributed by atoms with Gasteiger partial charge in [0.15, 0.2) is 0 Å². The van der Waals surface area contributed by atoms with Crippen LogP contribution in [-0.4, -0.2) is 37.1 Å². The van der Waals surface area contributed by atoms with Crippen LogP contribution in [0.25, 0.3) is 0 Å². The fourth-order valence-electron chi connectivity index (χ4n) is 2.65. The molecular formula is C19H21BrN2O2. The minimum Gasteiger partial charge on any atom is -0.379 e. The minimum absolute atomic E-state index is 0.0938. The number of carbonyl (C=O) groups excluding carboxylic acids is 1. The Labute approximate surface area is 150 Å². The lowest BCUT2D eigenvalue weighted by atomic mass is 10.1. The van der Waals surface area contributed by atoms with Crippen LogP contribution in [0.3, 0.4) is 0 Å². The molecule has 0 atom stereocenters. The van der Waals surface area contributed by atoms with Gasteiger partial charge in [0.25, 0.3) is 5.91 Å². The quantitative estimate of drug-likeness (QED) is 0.864. The van der Waals surface area contributed by atoms with E-state index in [1.807, 2.05) is 49.4 Å². The van der Waals surface area contributed by atoms with Crippen LogP contribution in [0.1, 0.15) is 21.5 Å². The summed E-state index contributed by atoms with van der Waals surface area (Å²) >= 11 is 3.48. The molecule has 4 nitrogen and oxygen atoms in total. The highest BCUT2D eigenvalue weighted by Crippen LogP contribution is 2.21. The molecule has 0 aliphatic carbocycles. The molecule has 0 aromatic heterocycles. The molecule has 5 heteroatoms. The van der Waals surface area contributed by atoms with Crippen LogP contribution in [0.2, 0.25) is 0 Å². The third kappa shape index (κ3) is 4.44. The molecule has 2 aromatic rings. The van der Waals surface area contributed by atoms with Crippen LogP contribution >= 0.6 is 15.9 Å². The van der Waals surface area contributed by atoms with Crippen molar-refractivity contribution in [3.8, 4) is 0 Å². The Hall–Kier alpha value is -1.69. The predicted molar refractivity (Wildman–Crippen MR) is 99.4 cm³/mol. The summed E-state index contributed by atoms with van der Waals surface area (Å²) in [6.45, 7) is 6.44. The molecule has 1 aliphatic rings. The van der Waals surface area contributed by atoms with Crippen LogP contribution in [0.15, 0.2) is 46.9 Å². The lowest BCUT2D eigenvalue weighted by molar-refractivity contribution is 0.0342. The molecule has 0 saturated carbocycles. The van der Waals surface area contributed by atoms with Gasteiger partial charge >= 0.3 is 0 Å². The van der Waals surface area contributed by atoms with Crippen molar-refractivity contribution in [1.82, 2.24) is 4.90 Å². The molecule has 126 valence electrons. The van der Waals surface area contributed by atoms with Gasteiger partial charge in [-0.1, -0.05) is 34.1 Å². The molecule has 0 unspecified atom stereocenters. The normalized spacial score (nSPS) is 15.2. The van der Waals surface area contributed by atoms with Crippen molar-refractivity contribution in [1.29, 1.82) is 0 Å². The molecule has 1 aliphatic heterocycles. The number of carbonyl (C=O) groups is 1. The summed E-state index contributed by atoms with van der Waals surface area (Å²) in [6, 6.07) is 13.6. The van der Waals surface area contributed by atoms with Crippen LogP contribution in [0.4, 0.5) is 5.69 Å². The summed E-state index contributed by atoms with van der Waals surface area (Å²) in [5.74, 6) is -0.0938. The largest absolute Gasteiger partial charge is 0.379 e. The van der Waals surface area contributed by atoms with E-state index in [9.17, 15) is 4.79 Å². The van der Waals surface area contributed by atoms with Gasteiger partial charge in [-0.25, -0.2) is 0 Å². The maximum absolute atomic E-state index is 12.4. The van der Waals surface area contributed by atoms with Crippen molar-refractivity contribution in [2.75, 3.05) is 31.6 Å². The zero-order valence-corrected chi connectivity index (χ0v) is 15.3. The third-order valence-corrected chi connectivity index (χ3v) is 5.01. The number of rotatable bonds is 4. The number of amides is 1. The zero-order chi connectivity index (χ0) is 16.9. The Kier molecular flexibility index (Phi) is 5.66. The second kappa shape index (κ2) is 7.92. The predicted octanol–water partition coefficient (Wildman–Crippen LogP) is 3.84. The van der Waals surface area contributed by atoms with E-state index in [0.717, 1.165) is 48.6 Å². The second-order valence-electron chi connectivity index (χ2n) is 6.00. The summed E-state index contributed by atoms with van der Waals surface area (Å²) < 4.78 is 6.35. The van der Waals surface area contributed by atoms with Gasteiger partial charge in [-0.3, -0.25) is 9.69 Å². The Morgan fingerprint density at radius 2 is 1.88 bits per heavy atom. The van der Waals surface area contributed by atoms with Crippen LogP contribution < -0.4 is 5.32 Å². The molecule has 2 aromatic carbocycles. The topological polar surface area (TPSA) is 41.6 Å². The van der Waals surface area contributed by atoms with Crippen LogP contribution in [-0.2, 0) is 11.3 Å². The van der Waals surface area contributed by atoms with Crippen molar-refractivity contribution in [2.45, 2.75) is 13.5 Å². The number of ether oxygens (including phenoxy) is 1. The number of halogens is 1. The molecule has 0 spiro atoms. The van der Waals surface area contributed by atoms with Gasteiger partial charge in [0, 0.05) is 35.4 Å². The van der Waals surface area contributed by atoms with E-state index in [4.69, 9.17) is 4.74 Å². The molecule has 3 rings (SSSR count). The highest BCUT2D eigenvalue weighted by atomic mass is 79.9. The second-order valence-corrected chi connectivity index (χ2v) is 6.86. The number of benzene rings is 2. The number of anilines is 1. The molecule has 1 N–H and O–H groups in total. The highest BCUT2D eigenvalue weighted by molar-refractivity contribution is 9.10. The highest BCUT2D eigenvalue weighted by Gasteiger charge is 2.11. The summed E-state index contributed by atoms with van der Waals surface area (Å²) in [5, 5.41) is 2.93. The lowest BCUT2D eigenvalue weighted by Crippen LogP contribution is -2.35. The fraction of sp³-hybridized carbons (Fsp3) is 0.316. The molecule has 0 radical (unpaired) electrons. The van der Waals surface area contributed by atoms with Gasteiger partial charge in [-0.2, -0.15) is 0 Å². The molecule has 1 heterocycles. The Bertz CT molecular complexity index is 710. The minimum atomic E-state index is -0.0938. The zero-order valence-electron chi connectivity index (χ0n) is 13.7. The maximum atomic E-state index is 12.4. The van der Waals surface area contributed by atoms with E-state index in [-0.39, 0.29) is 5.91 Å². The van der Waals surface area contributed by atoms with E-state index in [0.29, 0.717) is 5.56 Å². The van der Waals surface area contributed by atoms with Gasteiger partial charge in [0.2, 0.25) is 0 Å².